The topological polar surface area (TPSA) is 35.0 Å². The molecule has 188 valence electrons. The Labute approximate surface area is 209 Å². The maximum atomic E-state index is 6.14. The smallest absolute Gasteiger partial charge is 0.119 e. The highest BCUT2D eigenvalue weighted by Gasteiger charge is 2.21. The Morgan fingerprint density at radius 2 is 1.35 bits per heavy atom. The molecule has 0 atom stereocenters. The summed E-state index contributed by atoms with van der Waals surface area (Å²) < 4.78 is 6.14. The van der Waals surface area contributed by atoms with Gasteiger partial charge in [-0.15, -0.1) is 0 Å². The van der Waals surface area contributed by atoms with Crippen LogP contribution in [0.4, 0.5) is 0 Å². The van der Waals surface area contributed by atoms with E-state index < -0.39 is 0 Å². The molecule has 1 heterocycles. The van der Waals surface area contributed by atoms with E-state index in [1.54, 1.807) is 0 Å². The minimum atomic E-state index is 0.719. The highest BCUT2D eigenvalue weighted by molar-refractivity contribution is 5.58. The maximum absolute atomic E-state index is 6.14. The number of benzene rings is 1. The van der Waals surface area contributed by atoms with Crippen LogP contribution in [0, 0.1) is 11.8 Å². The Hall–Kier alpha value is -1.90. The van der Waals surface area contributed by atoms with Gasteiger partial charge in [-0.2, -0.15) is 0 Å². The van der Waals surface area contributed by atoms with Gasteiger partial charge in [0.05, 0.1) is 24.2 Å². The molecule has 0 spiro atoms. The Morgan fingerprint density at radius 3 is 2.03 bits per heavy atom. The Morgan fingerprint density at radius 1 is 0.706 bits per heavy atom. The number of ether oxygens (including phenoxy) is 1. The first-order chi connectivity index (χ1) is 16.8. The molecule has 3 heteroatoms. The van der Waals surface area contributed by atoms with E-state index in [1.165, 1.54) is 96.3 Å². The van der Waals surface area contributed by atoms with Crippen LogP contribution in [0.15, 0.2) is 36.7 Å². The fourth-order valence-corrected chi connectivity index (χ4v) is 5.20. The number of aryl methyl sites for hydroxylation is 1. The molecule has 0 amide bonds. The van der Waals surface area contributed by atoms with Crippen molar-refractivity contribution in [2.45, 2.75) is 117 Å². The fourth-order valence-electron chi connectivity index (χ4n) is 5.20. The summed E-state index contributed by atoms with van der Waals surface area (Å²) in [5, 5.41) is 0. The minimum Gasteiger partial charge on any atom is -0.493 e. The SMILES string of the molecule is CCCCCCCCCc1cnc(-c2ccc(OC[C@H]3CC[C@H](CCCCC)CC3)cc2)cn1. The molecule has 1 aromatic carbocycles. The second kappa shape index (κ2) is 15.9. The van der Waals surface area contributed by atoms with Crippen molar-refractivity contribution in [2.75, 3.05) is 6.61 Å². The van der Waals surface area contributed by atoms with Gasteiger partial charge in [-0.3, -0.25) is 9.97 Å². The number of nitrogens with zero attached hydrogens (tertiary/aromatic N) is 2. The van der Waals surface area contributed by atoms with E-state index in [0.29, 0.717) is 0 Å². The molecule has 2 aromatic rings. The predicted octanol–water partition coefficient (Wildman–Crippen LogP) is 9.20. The summed E-state index contributed by atoms with van der Waals surface area (Å²) in [6.45, 7) is 5.42. The summed E-state index contributed by atoms with van der Waals surface area (Å²) >= 11 is 0. The lowest BCUT2D eigenvalue weighted by Gasteiger charge is -2.28. The van der Waals surface area contributed by atoms with E-state index in [0.717, 1.165) is 47.6 Å². The Bertz CT molecular complexity index is 763. The van der Waals surface area contributed by atoms with E-state index in [2.05, 4.69) is 48.1 Å². The molecule has 34 heavy (non-hydrogen) atoms. The van der Waals surface area contributed by atoms with E-state index in [9.17, 15) is 0 Å². The van der Waals surface area contributed by atoms with Crippen LogP contribution >= 0.6 is 0 Å². The highest BCUT2D eigenvalue weighted by atomic mass is 16.5. The molecule has 1 aromatic heterocycles. The molecule has 0 radical (unpaired) electrons. The van der Waals surface area contributed by atoms with Gasteiger partial charge in [0, 0.05) is 11.8 Å². The van der Waals surface area contributed by atoms with Crippen molar-refractivity contribution >= 4 is 0 Å². The number of unbranched alkanes of at least 4 members (excludes halogenated alkanes) is 8. The van der Waals surface area contributed by atoms with Gasteiger partial charge in [0.25, 0.3) is 0 Å². The molecule has 1 saturated carbocycles. The summed E-state index contributed by atoms with van der Waals surface area (Å²) in [4.78, 5) is 9.33. The lowest BCUT2D eigenvalue weighted by atomic mass is 9.80. The molecule has 0 N–H and O–H groups in total. The van der Waals surface area contributed by atoms with Gasteiger partial charge in [0.1, 0.15) is 5.75 Å². The third-order valence-corrected chi connectivity index (χ3v) is 7.56. The van der Waals surface area contributed by atoms with Crippen LogP contribution in [0.5, 0.6) is 5.75 Å². The first-order valence-corrected chi connectivity index (χ1v) is 14.3. The standard InChI is InChI=1S/C31H48N2O/c1-3-5-7-8-9-10-12-14-29-23-33-31(24-32-29)28-19-21-30(22-20-28)34-25-27-17-15-26(16-18-27)13-11-6-4-2/h19-24,26-27H,3-18,25H2,1-2H3/t26-,27-. The van der Waals surface area contributed by atoms with Crippen LogP contribution in [-0.2, 0) is 6.42 Å². The number of rotatable bonds is 16. The average molecular weight is 465 g/mol. The summed E-state index contributed by atoms with van der Waals surface area (Å²) in [7, 11) is 0. The van der Waals surface area contributed by atoms with E-state index in [1.807, 2.05) is 12.4 Å². The fraction of sp³-hybridized carbons (Fsp3) is 0.677. The first kappa shape index (κ1) is 26.7. The lowest BCUT2D eigenvalue weighted by Crippen LogP contribution is -2.20. The maximum Gasteiger partial charge on any atom is 0.119 e. The van der Waals surface area contributed by atoms with Gasteiger partial charge >= 0.3 is 0 Å². The number of hydrogen-bond acceptors (Lipinski definition) is 3. The zero-order chi connectivity index (χ0) is 23.8. The molecule has 0 saturated heterocycles. The van der Waals surface area contributed by atoms with Crippen molar-refractivity contribution in [3.63, 3.8) is 0 Å². The Balaban J connectivity index is 1.34. The summed E-state index contributed by atoms with van der Waals surface area (Å²) in [5.41, 5.74) is 3.16. The number of aromatic nitrogens is 2. The Kier molecular flexibility index (Phi) is 12.5. The normalized spacial score (nSPS) is 18.2. The molecule has 1 fully saturated rings. The molecule has 3 rings (SSSR count). The van der Waals surface area contributed by atoms with Crippen molar-refractivity contribution in [3.8, 4) is 17.0 Å². The van der Waals surface area contributed by atoms with Gasteiger partial charge in [-0.25, -0.2) is 0 Å². The molecular formula is C31H48N2O. The lowest BCUT2D eigenvalue weighted by molar-refractivity contribution is 0.177. The summed E-state index contributed by atoms with van der Waals surface area (Å²) in [6, 6.07) is 8.39. The summed E-state index contributed by atoms with van der Waals surface area (Å²) in [5.74, 6) is 2.65. The van der Waals surface area contributed by atoms with Crippen LogP contribution in [0.25, 0.3) is 11.3 Å². The van der Waals surface area contributed by atoms with Crippen LogP contribution in [0.1, 0.15) is 116 Å². The van der Waals surface area contributed by atoms with Crippen molar-refractivity contribution in [2.24, 2.45) is 11.8 Å². The van der Waals surface area contributed by atoms with E-state index in [4.69, 9.17) is 4.74 Å². The van der Waals surface area contributed by atoms with Crippen LogP contribution in [0.3, 0.4) is 0 Å². The van der Waals surface area contributed by atoms with Crippen molar-refractivity contribution in [1.29, 1.82) is 0 Å². The minimum absolute atomic E-state index is 0.719. The monoisotopic (exact) mass is 464 g/mol. The molecule has 0 aliphatic heterocycles. The first-order valence-electron chi connectivity index (χ1n) is 14.3. The molecule has 0 unspecified atom stereocenters. The second-order valence-corrected chi connectivity index (χ2v) is 10.5. The van der Waals surface area contributed by atoms with Gasteiger partial charge in [0.2, 0.25) is 0 Å². The van der Waals surface area contributed by atoms with Gasteiger partial charge in [0.15, 0.2) is 0 Å². The zero-order valence-corrected chi connectivity index (χ0v) is 21.9. The van der Waals surface area contributed by atoms with Crippen molar-refractivity contribution in [3.05, 3.63) is 42.4 Å². The quantitative estimate of drug-likeness (QED) is 0.232. The van der Waals surface area contributed by atoms with Gasteiger partial charge in [-0.1, -0.05) is 90.9 Å². The van der Waals surface area contributed by atoms with E-state index >= 15 is 0 Å². The molecule has 1 aliphatic rings. The second-order valence-electron chi connectivity index (χ2n) is 10.5. The molecule has 1 aliphatic carbocycles. The van der Waals surface area contributed by atoms with Crippen molar-refractivity contribution in [1.82, 2.24) is 9.97 Å². The van der Waals surface area contributed by atoms with Crippen LogP contribution in [0.2, 0.25) is 0 Å². The number of hydrogen-bond donors (Lipinski definition) is 0. The largest absolute Gasteiger partial charge is 0.493 e. The van der Waals surface area contributed by atoms with Crippen LogP contribution < -0.4 is 4.74 Å². The van der Waals surface area contributed by atoms with Gasteiger partial charge < -0.3 is 4.74 Å². The van der Waals surface area contributed by atoms with Crippen LogP contribution in [-0.4, -0.2) is 16.6 Å². The summed E-state index contributed by atoms with van der Waals surface area (Å²) in [6.07, 6.45) is 25.3. The van der Waals surface area contributed by atoms with Crippen molar-refractivity contribution < 1.29 is 4.74 Å². The zero-order valence-electron chi connectivity index (χ0n) is 21.9. The molecular weight excluding hydrogens is 416 g/mol. The van der Waals surface area contributed by atoms with E-state index in [-0.39, 0.29) is 0 Å². The third kappa shape index (κ3) is 9.76. The highest BCUT2D eigenvalue weighted by Crippen LogP contribution is 2.32. The predicted molar refractivity (Wildman–Crippen MR) is 144 cm³/mol. The third-order valence-electron chi connectivity index (χ3n) is 7.56. The molecule has 0 bridgehead atoms. The molecule has 3 nitrogen and oxygen atoms in total. The van der Waals surface area contributed by atoms with Gasteiger partial charge in [-0.05, 0) is 61.8 Å². The average Bonchev–Trinajstić information content (AvgIpc) is 2.88.